The van der Waals surface area contributed by atoms with Crippen LogP contribution in [-0.2, 0) is 11.3 Å². The van der Waals surface area contributed by atoms with Gasteiger partial charge in [0, 0.05) is 16.7 Å². The van der Waals surface area contributed by atoms with E-state index in [0.29, 0.717) is 34.1 Å². The molecule has 0 bridgehead atoms. The molecule has 0 aliphatic heterocycles. The second-order valence-corrected chi connectivity index (χ2v) is 8.30. The largest absolute Gasteiger partial charge is 0.467 e. The van der Waals surface area contributed by atoms with Crippen LogP contribution in [0, 0.1) is 6.92 Å². The van der Waals surface area contributed by atoms with Crippen molar-refractivity contribution < 1.29 is 13.7 Å². The van der Waals surface area contributed by atoms with Crippen molar-refractivity contribution in [1.82, 2.24) is 19.9 Å². The molecular weight excluding hydrogens is 426 g/mol. The summed E-state index contributed by atoms with van der Waals surface area (Å²) in [6.07, 6.45) is 1.62. The molecule has 0 fully saturated rings. The standard InChI is InChI=1S/C20H18ClN5O3S/c1-12-10-17(29-25-12)22-19(27)13(2)30-20-24-23-18(14-5-7-15(21)8-6-14)26(20)11-16-4-3-9-28-16/h3-10,13H,11H2,1-2H3,(H,22,27). The van der Waals surface area contributed by atoms with Gasteiger partial charge in [0.2, 0.25) is 11.8 Å². The smallest absolute Gasteiger partial charge is 0.240 e. The Kier molecular flexibility index (Phi) is 5.91. The van der Waals surface area contributed by atoms with Gasteiger partial charge in [-0.05, 0) is 50.2 Å². The van der Waals surface area contributed by atoms with E-state index in [2.05, 4.69) is 20.7 Å². The number of carbonyl (C=O) groups excluding carboxylic acids is 1. The van der Waals surface area contributed by atoms with E-state index in [4.69, 9.17) is 20.5 Å². The first-order valence-corrected chi connectivity index (χ1v) is 10.4. The van der Waals surface area contributed by atoms with Gasteiger partial charge in [-0.15, -0.1) is 10.2 Å². The summed E-state index contributed by atoms with van der Waals surface area (Å²) >= 11 is 7.30. The number of halogens is 1. The van der Waals surface area contributed by atoms with E-state index in [9.17, 15) is 4.79 Å². The fraction of sp³-hybridized carbons (Fsp3) is 0.200. The number of hydrogen-bond acceptors (Lipinski definition) is 7. The molecule has 3 aromatic heterocycles. The minimum atomic E-state index is -0.451. The molecule has 8 nitrogen and oxygen atoms in total. The summed E-state index contributed by atoms with van der Waals surface area (Å²) in [7, 11) is 0. The number of carbonyl (C=O) groups is 1. The molecule has 0 aliphatic carbocycles. The lowest BCUT2D eigenvalue weighted by atomic mass is 10.2. The molecule has 1 amide bonds. The molecule has 10 heteroatoms. The first kappa shape index (κ1) is 20.2. The first-order chi connectivity index (χ1) is 14.5. The number of rotatable bonds is 7. The Hall–Kier alpha value is -3.04. The zero-order chi connectivity index (χ0) is 21.1. The summed E-state index contributed by atoms with van der Waals surface area (Å²) in [5.74, 6) is 1.49. The molecule has 3 heterocycles. The average Bonchev–Trinajstić information content (AvgIpc) is 3.46. The normalized spacial score (nSPS) is 12.1. The molecule has 0 saturated carbocycles. The third kappa shape index (κ3) is 4.58. The lowest BCUT2D eigenvalue weighted by Gasteiger charge is -2.12. The van der Waals surface area contributed by atoms with Gasteiger partial charge < -0.3 is 8.94 Å². The minimum absolute atomic E-state index is 0.225. The number of thioether (sulfide) groups is 1. The van der Waals surface area contributed by atoms with Crippen LogP contribution in [0.25, 0.3) is 11.4 Å². The Morgan fingerprint density at radius 3 is 2.73 bits per heavy atom. The summed E-state index contributed by atoms with van der Waals surface area (Å²) < 4.78 is 12.5. The summed E-state index contributed by atoms with van der Waals surface area (Å²) in [5, 5.41) is 15.9. The second-order valence-electron chi connectivity index (χ2n) is 6.56. The number of benzene rings is 1. The van der Waals surface area contributed by atoms with E-state index in [0.717, 1.165) is 11.3 Å². The Morgan fingerprint density at radius 1 is 1.27 bits per heavy atom. The van der Waals surface area contributed by atoms with Crippen LogP contribution in [0.5, 0.6) is 0 Å². The number of nitrogens with one attached hydrogen (secondary N) is 1. The van der Waals surface area contributed by atoms with Gasteiger partial charge in [0.1, 0.15) is 5.76 Å². The number of aryl methyl sites for hydroxylation is 1. The number of aromatic nitrogens is 4. The lowest BCUT2D eigenvalue weighted by Crippen LogP contribution is -2.22. The van der Waals surface area contributed by atoms with Crippen LogP contribution >= 0.6 is 23.4 Å². The number of hydrogen-bond donors (Lipinski definition) is 1. The molecule has 4 rings (SSSR count). The maximum Gasteiger partial charge on any atom is 0.240 e. The van der Waals surface area contributed by atoms with Gasteiger partial charge >= 0.3 is 0 Å². The van der Waals surface area contributed by atoms with Crippen LogP contribution in [0.15, 0.2) is 62.8 Å². The van der Waals surface area contributed by atoms with Crippen LogP contribution in [-0.4, -0.2) is 31.1 Å². The molecule has 0 radical (unpaired) electrons. The zero-order valence-electron chi connectivity index (χ0n) is 16.2. The SMILES string of the molecule is Cc1cc(NC(=O)C(C)Sc2nnc(-c3ccc(Cl)cc3)n2Cc2ccco2)on1. The van der Waals surface area contributed by atoms with Crippen molar-refractivity contribution in [3.63, 3.8) is 0 Å². The summed E-state index contributed by atoms with van der Waals surface area (Å²) in [6.45, 7) is 4.00. The molecule has 0 aliphatic rings. The maximum absolute atomic E-state index is 12.6. The van der Waals surface area contributed by atoms with Crippen molar-refractivity contribution in [3.8, 4) is 11.4 Å². The van der Waals surface area contributed by atoms with Gasteiger partial charge in [0.15, 0.2) is 11.0 Å². The Labute approximate surface area is 181 Å². The Morgan fingerprint density at radius 2 is 2.07 bits per heavy atom. The quantitative estimate of drug-likeness (QED) is 0.415. The zero-order valence-corrected chi connectivity index (χ0v) is 17.8. The first-order valence-electron chi connectivity index (χ1n) is 9.12. The van der Waals surface area contributed by atoms with E-state index in [1.807, 2.05) is 28.8 Å². The van der Waals surface area contributed by atoms with Gasteiger partial charge in [-0.1, -0.05) is 28.5 Å². The highest BCUT2D eigenvalue weighted by Gasteiger charge is 2.22. The van der Waals surface area contributed by atoms with Gasteiger partial charge in [-0.2, -0.15) is 0 Å². The van der Waals surface area contributed by atoms with Crippen LogP contribution in [0.3, 0.4) is 0 Å². The van der Waals surface area contributed by atoms with E-state index in [1.165, 1.54) is 11.8 Å². The van der Waals surface area contributed by atoms with Gasteiger partial charge in [-0.3, -0.25) is 14.7 Å². The van der Waals surface area contributed by atoms with Gasteiger partial charge in [0.25, 0.3) is 0 Å². The van der Waals surface area contributed by atoms with E-state index >= 15 is 0 Å². The van der Waals surface area contributed by atoms with Crippen LogP contribution in [0.2, 0.25) is 5.02 Å². The fourth-order valence-corrected chi connectivity index (χ4v) is 3.72. The number of amides is 1. The van der Waals surface area contributed by atoms with Gasteiger partial charge in [0.05, 0.1) is 23.8 Å². The van der Waals surface area contributed by atoms with Crippen LogP contribution < -0.4 is 5.32 Å². The highest BCUT2D eigenvalue weighted by atomic mass is 35.5. The molecule has 154 valence electrons. The van der Waals surface area contributed by atoms with E-state index in [1.54, 1.807) is 38.3 Å². The highest BCUT2D eigenvalue weighted by Crippen LogP contribution is 2.29. The second kappa shape index (κ2) is 8.76. The lowest BCUT2D eigenvalue weighted by molar-refractivity contribution is -0.115. The van der Waals surface area contributed by atoms with Crippen molar-refractivity contribution in [1.29, 1.82) is 0 Å². The van der Waals surface area contributed by atoms with Crippen molar-refractivity contribution in [2.24, 2.45) is 0 Å². The van der Waals surface area contributed by atoms with Crippen LogP contribution in [0.1, 0.15) is 18.4 Å². The number of nitrogens with zero attached hydrogens (tertiary/aromatic N) is 4. The summed E-state index contributed by atoms with van der Waals surface area (Å²) in [5.41, 5.74) is 1.55. The Balaban J connectivity index is 1.58. The number of furan rings is 1. The van der Waals surface area contributed by atoms with Crippen molar-refractivity contribution in [3.05, 3.63) is 65.2 Å². The summed E-state index contributed by atoms with van der Waals surface area (Å²) in [4.78, 5) is 12.6. The molecule has 1 unspecified atom stereocenters. The molecule has 1 atom stereocenters. The third-order valence-corrected chi connectivity index (χ3v) is 5.57. The molecule has 1 N–H and O–H groups in total. The van der Waals surface area contributed by atoms with E-state index in [-0.39, 0.29) is 5.91 Å². The van der Waals surface area contributed by atoms with Crippen molar-refractivity contribution >= 4 is 35.2 Å². The Bertz CT molecular complexity index is 1140. The molecule has 1 aromatic carbocycles. The maximum atomic E-state index is 12.6. The minimum Gasteiger partial charge on any atom is -0.467 e. The van der Waals surface area contributed by atoms with Crippen LogP contribution in [0.4, 0.5) is 5.88 Å². The monoisotopic (exact) mass is 443 g/mol. The van der Waals surface area contributed by atoms with E-state index < -0.39 is 5.25 Å². The van der Waals surface area contributed by atoms with Crippen molar-refractivity contribution in [2.45, 2.75) is 30.8 Å². The topological polar surface area (TPSA) is 99.0 Å². The molecule has 0 spiro atoms. The third-order valence-electron chi connectivity index (χ3n) is 4.24. The summed E-state index contributed by atoms with van der Waals surface area (Å²) in [6, 6.07) is 12.7. The van der Waals surface area contributed by atoms with Crippen molar-refractivity contribution in [2.75, 3.05) is 5.32 Å². The fourth-order valence-electron chi connectivity index (χ4n) is 2.75. The highest BCUT2D eigenvalue weighted by molar-refractivity contribution is 8.00. The predicted octanol–water partition coefficient (Wildman–Crippen LogP) is 4.66. The number of anilines is 1. The molecular formula is C20H18ClN5O3S. The average molecular weight is 444 g/mol. The molecule has 30 heavy (non-hydrogen) atoms. The molecule has 0 saturated heterocycles. The predicted molar refractivity (Wildman–Crippen MR) is 113 cm³/mol. The molecule has 4 aromatic rings. The van der Waals surface area contributed by atoms with Gasteiger partial charge in [-0.25, -0.2) is 0 Å².